The number of carbonyl (C=O) groups excluding carboxylic acids is 5. The summed E-state index contributed by atoms with van der Waals surface area (Å²) in [5.74, 6) is 0.0460. The van der Waals surface area contributed by atoms with Crippen molar-refractivity contribution < 1.29 is 129 Å². The van der Waals surface area contributed by atoms with Crippen LogP contribution in [0, 0.1) is 0 Å². The molecule has 0 aliphatic carbocycles. The molecule has 0 saturated carbocycles. The molecule has 31 heteroatoms. The number of rotatable bonds is 43. The van der Waals surface area contributed by atoms with Crippen molar-refractivity contribution in [3.05, 3.63) is 208 Å². The van der Waals surface area contributed by atoms with E-state index in [0.717, 1.165) is 54.6 Å². The SMILES string of the molecule is CCON1C(=O)N(OCC)C2C1N(COC)C(=O)N2COC.COCc1cc(C(C)(C)c2ccc(C(C)(c3cc(COC)c(O)c(COC)c3)c3cc(COC)c(O)c(COC)c3)cc2)cc(COC)c1O.COCc1cc(C(C)(c2cc(COC)c(OC(C)=O)c(COC)c2)c2cc(COC)c(OC(C)=O)c(COC)c2)cc(COC)c1OC(C)=O. The molecule has 7 aromatic carbocycles. The Morgan fingerprint density at radius 2 is 0.508 bits per heavy atom. The number of carbonyl (C=O) groups is 5. The second-order valence-electron chi connectivity index (χ2n) is 29.9. The van der Waals surface area contributed by atoms with Gasteiger partial charge in [-0.05, 0) is 145 Å². The van der Waals surface area contributed by atoms with Crippen LogP contribution in [0.5, 0.6) is 34.5 Å². The molecule has 122 heavy (non-hydrogen) atoms. The Bertz CT molecular complexity index is 4180. The first-order valence-electron chi connectivity index (χ1n) is 39.4. The van der Waals surface area contributed by atoms with Crippen molar-refractivity contribution in [3.63, 3.8) is 0 Å². The number of hydroxylamine groups is 4. The molecule has 2 unspecified atom stereocenters. The molecule has 31 nitrogen and oxygen atoms in total. The number of hydrogen-bond acceptors (Lipinski definition) is 27. The first-order chi connectivity index (χ1) is 58.4. The number of benzene rings is 7. The van der Waals surface area contributed by atoms with Crippen LogP contribution in [0.3, 0.4) is 0 Å². The number of phenols is 3. The van der Waals surface area contributed by atoms with E-state index in [4.69, 9.17) is 90.2 Å². The van der Waals surface area contributed by atoms with Crippen molar-refractivity contribution in [2.75, 3.05) is 126 Å². The van der Waals surface area contributed by atoms with E-state index in [0.29, 0.717) is 84.0 Å². The lowest BCUT2D eigenvalue weighted by Crippen LogP contribution is -2.47. The first-order valence-corrected chi connectivity index (χ1v) is 39.4. The molecule has 2 atom stereocenters. The largest absolute Gasteiger partial charge is 0.507 e. The summed E-state index contributed by atoms with van der Waals surface area (Å²) >= 11 is 0. The standard InChI is InChI=1S/C41H52O9.C38H48O12.C12H22N4O6/c1-40(2,34-14-26(20-45-4)37(42)27(15-34)21-46-5)32-10-12-33(13-11-32)41(3,35-16-28(22-47-6)38(43)29(17-35)23-48-7)36-18-30(24-49-8)39(44)31(19-36)25-50-9;1-23(39)48-35-26(17-42-5)11-32(12-27(35)18-43-6)38(4,33-13-28(19-44-7)36(49-24(2)40)29(14-33)20-45-8)34-15-30(21-46-9)37(50-25(3)41)31(16-34)22-47-10;1-5-21-15-9-10(16(12(15)18)22-6-2)14(8-20-4)11(17)13(9)7-19-3/h10-19,42-44H,20-25H2,1-9H3;11-16H,17-22H2,1-10H3;9-10H,5-8H2,1-4H3. The van der Waals surface area contributed by atoms with Gasteiger partial charge in [-0.25, -0.2) is 9.59 Å². The number of amides is 4. The van der Waals surface area contributed by atoms with E-state index in [-0.39, 0.29) is 129 Å². The third kappa shape index (κ3) is 22.8. The minimum Gasteiger partial charge on any atom is -0.507 e. The van der Waals surface area contributed by atoms with Gasteiger partial charge >= 0.3 is 30.0 Å². The Labute approximate surface area is 715 Å². The molecule has 2 aliphatic rings. The Balaban J connectivity index is 0.000000270. The number of phenolic OH excluding ortho intramolecular Hbond substituents is 3. The predicted molar refractivity (Wildman–Crippen MR) is 449 cm³/mol. The van der Waals surface area contributed by atoms with Crippen molar-refractivity contribution in [1.82, 2.24) is 19.9 Å². The van der Waals surface area contributed by atoms with Crippen LogP contribution in [0.15, 0.2) is 97.1 Å². The van der Waals surface area contributed by atoms with Gasteiger partial charge in [0.15, 0.2) is 12.3 Å². The topological polar surface area (TPSA) is 334 Å². The van der Waals surface area contributed by atoms with E-state index >= 15 is 0 Å². The fraction of sp³-hybridized carbons (Fsp3) is 0.484. The van der Waals surface area contributed by atoms with Gasteiger partial charge in [-0.15, -0.1) is 0 Å². The quantitative estimate of drug-likeness (QED) is 0.0182. The van der Waals surface area contributed by atoms with Gasteiger partial charge in [0, 0.05) is 203 Å². The van der Waals surface area contributed by atoms with Crippen LogP contribution in [0.4, 0.5) is 9.59 Å². The van der Waals surface area contributed by atoms with Crippen LogP contribution < -0.4 is 14.2 Å². The highest BCUT2D eigenvalue weighted by molar-refractivity contribution is 5.84. The summed E-state index contributed by atoms with van der Waals surface area (Å²) in [6.07, 6.45) is -1.33. The van der Waals surface area contributed by atoms with Crippen LogP contribution in [-0.2, 0) is 186 Å². The summed E-state index contributed by atoms with van der Waals surface area (Å²) in [7, 11) is 21.9. The highest BCUT2D eigenvalue weighted by atomic mass is 16.7. The Morgan fingerprint density at radius 1 is 0.303 bits per heavy atom. The maximum absolute atomic E-state index is 12.5. The molecule has 0 aromatic heterocycles. The molecule has 4 amide bonds. The Kier molecular flexibility index (Phi) is 38.0. The summed E-state index contributed by atoms with van der Waals surface area (Å²) in [4.78, 5) is 75.3. The molecular formula is C91H122N4O27. The molecule has 2 saturated heterocycles. The van der Waals surface area contributed by atoms with E-state index in [1.54, 1.807) is 99.2 Å². The highest BCUT2D eigenvalue weighted by Crippen LogP contribution is 2.49. The molecule has 2 heterocycles. The van der Waals surface area contributed by atoms with E-state index < -0.39 is 52.5 Å². The minimum atomic E-state index is -1.00. The van der Waals surface area contributed by atoms with Crippen molar-refractivity contribution in [2.45, 2.75) is 170 Å². The minimum absolute atomic E-state index is 0.0248. The number of aromatic hydroxyl groups is 3. The lowest BCUT2D eigenvalue weighted by molar-refractivity contribution is -0.162. The fourth-order valence-corrected chi connectivity index (χ4v) is 15.3. The van der Waals surface area contributed by atoms with Gasteiger partial charge in [-0.1, -0.05) is 38.1 Å². The molecule has 9 rings (SSSR count). The van der Waals surface area contributed by atoms with Crippen LogP contribution in [0.25, 0.3) is 0 Å². The Morgan fingerprint density at radius 3 is 0.721 bits per heavy atom. The summed E-state index contributed by atoms with van der Waals surface area (Å²) in [5.41, 5.74) is 12.7. The molecule has 0 bridgehead atoms. The van der Waals surface area contributed by atoms with Gasteiger partial charge in [0.2, 0.25) is 0 Å². The van der Waals surface area contributed by atoms with Gasteiger partial charge in [-0.2, -0.15) is 10.1 Å². The molecule has 2 aliphatic heterocycles. The molecule has 3 N–H and O–H groups in total. The molecule has 2 fully saturated rings. The number of ether oxygens (including phenoxy) is 17. The van der Waals surface area contributed by atoms with Gasteiger partial charge in [-0.3, -0.25) is 33.9 Å². The van der Waals surface area contributed by atoms with Crippen LogP contribution in [0.1, 0.15) is 174 Å². The van der Waals surface area contributed by atoms with Crippen LogP contribution >= 0.6 is 0 Å². The van der Waals surface area contributed by atoms with Gasteiger partial charge in [0.25, 0.3) is 0 Å². The van der Waals surface area contributed by atoms with Crippen molar-refractivity contribution in [2.24, 2.45) is 0 Å². The van der Waals surface area contributed by atoms with Crippen LogP contribution in [-0.4, -0.2) is 204 Å². The number of urea groups is 2. The van der Waals surface area contributed by atoms with Gasteiger partial charge in [0.1, 0.15) is 48.0 Å². The molecule has 0 spiro atoms. The van der Waals surface area contributed by atoms with Crippen LogP contribution in [0.2, 0.25) is 0 Å². The normalized spacial score (nSPS) is 14.1. The fourth-order valence-electron chi connectivity index (χ4n) is 15.3. The van der Waals surface area contributed by atoms with E-state index in [2.05, 4.69) is 45.0 Å². The highest BCUT2D eigenvalue weighted by Gasteiger charge is 2.61. The zero-order chi connectivity index (χ0) is 89.9. The number of nitrogens with zero attached hydrogens (tertiary/aromatic N) is 4. The third-order valence-corrected chi connectivity index (χ3v) is 21.0. The summed E-state index contributed by atoms with van der Waals surface area (Å²) in [5, 5.41) is 35.5. The van der Waals surface area contributed by atoms with E-state index in [1.807, 2.05) is 79.7 Å². The zero-order valence-electron chi connectivity index (χ0n) is 74.6. The summed E-state index contributed by atoms with van der Waals surface area (Å²) in [6.45, 7) is 18.8. The smallest absolute Gasteiger partial charge is 0.372 e. The van der Waals surface area contributed by atoms with Gasteiger partial charge in [0.05, 0.1) is 92.5 Å². The predicted octanol–water partition coefficient (Wildman–Crippen LogP) is 13.3. The zero-order valence-corrected chi connectivity index (χ0v) is 74.6. The lowest BCUT2D eigenvalue weighted by Gasteiger charge is -2.35. The average molecular weight is 1700 g/mol. The molecular weight excluding hydrogens is 1580 g/mol. The monoisotopic (exact) mass is 1700 g/mol. The molecule has 7 aromatic rings. The average Bonchev–Trinajstić information content (AvgIpc) is 1.62. The number of esters is 3. The lowest BCUT2D eigenvalue weighted by atomic mass is 9.68. The maximum Gasteiger partial charge on any atom is 0.372 e. The van der Waals surface area contributed by atoms with Crippen molar-refractivity contribution in [3.8, 4) is 34.5 Å². The van der Waals surface area contributed by atoms with E-state index in [9.17, 15) is 39.3 Å². The maximum atomic E-state index is 12.5. The molecule has 668 valence electrons. The van der Waals surface area contributed by atoms with Crippen molar-refractivity contribution in [1.29, 1.82) is 0 Å². The second kappa shape index (κ2) is 46.7. The summed E-state index contributed by atoms with van der Waals surface area (Å²) < 4.78 is 93.5. The number of methoxy groups -OCH3 is 14. The number of fused-ring (bicyclic) bond motifs is 1. The Hall–Kier alpha value is -9.75. The van der Waals surface area contributed by atoms with E-state index in [1.165, 1.54) is 44.8 Å². The summed E-state index contributed by atoms with van der Waals surface area (Å²) in [6, 6.07) is 31.2. The van der Waals surface area contributed by atoms with Crippen molar-refractivity contribution >= 4 is 30.0 Å². The molecule has 0 radical (unpaired) electrons. The third-order valence-electron chi connectivity index (χ3n) is 21.0. The first kappa shape index (κ1) is 99.4. The van der Waals surface area contributed by atoms with Gasteiger partial charge < -0.3 is 95.8 Å². The number of hydrogen-bond donors (Lipinski definition) is 3. The second-order valence-corrected chi connectivity index (χ2v) is 29.9.